The van der Waals surface area contributed by atoms with Crippen molar-refractivity contribution in [2.45, 2.75) is 52.1 Å². The fraction of sp³-hybridized carbons (Fsp3) is 0.571. The second kappa shape index (κ2) is 3.16. The summed E-state index contributed by atoms with van der Waals surface area (Å²) in [6.45, 7) is 6.04. The van der Waals surface area contributed by atoms with Gasteiger partial charge in [-0.25, -0.2) is 0 Å². The van der Waals surface area contributed by atoms with Crippen LogP contribution in [0.4, 0.5) is 0 Å². The number of hydrogen-bond acceptors (Lipinski definition) is 2. The van der Waals surface area contributed by atoms with Crippen LogP contribution in [-0.2, 0) is 0 Å². The molecule has 86 valence electrons. The third-order valence-corrected chi connectivity index (χ3v) is 4.35. The SMILES string of the molecule is Cc1c(C)c2c(c(C)c1O)[C@@H]1CCC[C@@H]1O2. The summed E-state index contributed by atoms with van der Waals surface area (Å²) < 4.78 is 6.07. The molecule has 1 N–H and O–H groups in total. The molecule has 16 heavy (non-hydrogen) atoms. The lowest BCUT2D eigenvalue weighted by Gasteiger charge is -2.14. The maximum atomic E-state index is 10.1. The molecule has 2 aliphatic rings. The third kappa shape index (κ3) is 1.07. The van der Waals surface area contributed by atoms with Gasteiger partial charge in [0, 0.05) is 11.5 Å². The second-order valence-corrected chi connectivity index (χ2v) is 5.16. The van der Waals surface area contributed by atoms with Gasteiger partial charge in [-0.1, -0.05) is 0 Å². The molecule has 0 aromatic heterocycles. The lowest BCUT2D eigenvalue weighted by molar-refractivity contribution is 0.224. The molecule has 0 bridgehead atoms. The largest absolute Gasteiger partial charge is 0.507 e. The Morgan fingerprint density at radius 2 is 1.81 bits per heavy atom. The molecule has 1 heterocycles. The predicted molar refractivity (Wildman–Crippen MR) is 63.3 cm³/mol. The Morgan fingerprint density at radius 1 is 1.06 bits per heavy atom. The van der Waals surface area contributed by atoms with Gasteiger partial charge in [0.05, 0.1) is 0 Å². The van der Waals surface area contributed by atoms with Crippen molar-refractivity contribution in [3.05, 3.63) is 22.3 Å². The van der Waals surface area contributed by atoms with Crippen LogP contribution in [0.1, 0.15) is 47.4 Å². The van der Waals surface area contributed by atoms with Crippen molar-refractivity contribution in [2.75, 3.05) is 0 Å². The van der Waals surface area contributed by atoms with Crippen molar-refractivity contribution in [1.29, 1.82) is 0 Å². The minimum absolute atomic E-state index is 0.369. The summed E-state index contributed by atoms with van der Waals surface area (Å²) in [6.07, 6.45) is 3.99. The van der Waals surface area contributed by atoms with Gasteiger partial charge >= 0.3 is 0 Å². The molecule has 0 saturated heterocycles. The van der Waals surface area contributed by atoms with Crippen LogP contribution in [0.5, 0.6) is 11.5 Å². The molecule has 1 saturated carbocycles. The van der Waals surface area contributed by atoms with Gasteiger partial charge in [0.15, 0.2) is 0 Å². The fourth-order valence-corrected chi connectivity index (χ4v) is 3.28. The highest BCUT2D eigenvalue weighted by atomic mass is 16.5. The van der Waals surface area contributed by atoms with Crippen LogP contribution in [0.25, 0.3) is 0 Å². The van der Waals surface area contributed by atoms with Crippen molar-refractivity contribution in [2.24, 2.45) is 0 Å². The van der Waals surface area contributed by atoms with E-state index in [0.717, 1.165) is 28.9 Å². The number of aromatic hydroxyl groups is 1. The Kier molecular flexibility index (Phi) is 1.97. The average Bonchev–Trinajstić information content (AvgIpc) is 2.82. The summed E-state index contributed by atoms with van der Waals surface area (Å²) in [6, 6.07) is 0. The highest BCUT2D eigenvalue weighted by Gasteiger charge is 2.40. The van der Waals surface area contributed by atoms with Crippen LogP contribution in [0.3, 0.4) is 0 Å². The van der Waals surface area contributed by atoms with Crippen LogP contribution < -0.4 is 4.74 Å². The number of hydrogen-bond donors (Lipinski definition) is 1. The summed E-state index contributed by atoms with van der Waals surface area (Å²) in [7, 11) is 0. The Labute approximate surface area is 96.2 Å². The average molecular weight is 218 g/mol. The van der Waals surface area contributed by atoms with E-state index in [2.05, 4.69) is 0 Å². The maximum absolute atomic E-state index is 10.1. The molecule has 1 aliphatic heterocycles. The normalized spacial score (nSPS) is 26.4. The number of fused-ring (bicyclic) bond motifs is 3. The Morgan fingerprint density at radius 3 is 2.56 bits per heavy atom. The molecule has 3 rings (SSSR count). The summed E-state index contributed by atoms with van der Waals surface area (Å²) in [4.78, 5) is 0. The van der Waals surface area contributed by atoms with Gasteiger partial charge in [-0.15, -0.1) is 0 Å². The Balaban J connectivity index is 2.25. The van der Waals surface area contributed by atoms with Gasteiger partial charge in [-0.05, 0) is 56.7 Å². The zero-order valence-corrected chi connectivity index (χ0v) is 10.1. The van der Waals surface area contributed by atoms with E-state index in [4.69, 9.17) is 4.74 Å². The lowest BCUT2D eigenvalue weighted by Crippen LogP contribution is -2.11. The number of phenolic OH excluding ortho intramolecular Hbond substituents is 1. The number of rotatable bonds is 0. The first-order valence-electron chi connectivity index (χ1n) is 6.10. The molecule has 0 amide bonds. The van der Waals surface area contributed by atoms with Crippen molar-refractivity contribution in [3.63, 3.8) is 0 Å². The summed E-state index contributed by atoms with van der Waals surface area (Å²) in [5, 5.41) is 10.1. The fourth-order valence-electron chi connectivity index (χ4n) is 3.28. The zero-order chi connectivity index (χ0) is 11.4. The first-order chi connectivity index (χ1) is 7.61. The number of phenols is 1. The van der Waals surface area contributed by atoms with Gasteiger partial charge < -0.3 is 9.84 Å². The van der Waals surface area contributed by atoms with Crippen molar-refractivity contribution >= 4 is 0 Å². The first kappa shape index (κ1) is 10.0. The molecular weight excluding hydrogens is 200 g/mol. The van der Waals surface area contributed by atoms with Gasteiger partial charge in [-0.2, -0.15) is 0 Å². The quantitative estimate of drug-likeness (QED) is 0.723. The summed E-state index contributed by atoms with van der Waals surface area (Å²) in [5.41, 5.74) is 4.40. The molecule has 0 radical (unpaired) electrons. The van der Waals surface area contributed by atoms with Crippen LogP contribution in [0.2, 0.25) is 0 Å². The standard InChI is InChI=1S/C14H18O2/c1-7-8(2)14-12(9(3)13(7)15)10-5-4-6-11(10)16-14/h10-11,15H,4-6H2,1-3H3/t10-,11+/m1/s1. The van der Waals surface area contributed by atoms with Crippen molar-refractivity contribution < 1.29 is 9.84 Å². The topological polar surface area (TPSA) is 29.5 Å². The highest BCUT2D eigenvalue weighted by molar-refractivity contribution is 5.60. The van der Waals surface area contributed by atoms with Crippen LogP contribution in [0, 0.1) is 20.8 Å². The first-order valence-corrected chi connectivity index (χ1v) is 6.10. The highest BCUT2D eigenvalue weighted by Crippen LogP contribution is 2.52. The molecule has 0 spiro atoms. The summed E-state index contributed by atoms with van der Waals surface area (Å²) in [5.74, 6) is 2.05. The number of ether oxygens (including phenoxy) is 1. The molecular formula is C14H18O2. The lowest BCUT2D eigenvalue weighted by atomic mass is 9.89. The predicted octanol–water partition coefficient (Wildman–Crippen LogP) is 3.35. The molecule has 1 aromatic carbocycles. The van der Waals surface area contributed by atoms with Gasteiger partial charge in [0.1, 0.15) is 17.6 Å². The van der Waals surface area contributed by atoms with Gasteiger partial charge in [-0.3, -0.25) is 0 Å². The van der Waals surface area contributed by atoms with E-state index in [9.17, 15) is 5.11 Å². The minimum atomic E-state index is 0.369. The molecule has 1 fully saturated rings. The van der Waals surface area contributed by atoms with Gasteiger partial charge in [0.2, 0.25) is 0 Å². The van der Waals surface area contributed by atoms with Crippen LogP contribution in [0.15, 0.2) is 0 Å². The van der Waals surface area contributed by atoms with Crippen molar-refractivity contribution in [3.8, 4) is 11.5 Å². The van der Waals surface area contributed by atoms with Crippen LogP contribution >= 0.6 is 0 Å². The Hall–Kier alpha value is -1.18. The van der Waals surface area contributed by atoms with E-state index in [1.54, 1.807) is 0 Å². The number of benzene rings is 1. The molecule has 2 atom stereocenters. The molecule has 1 aliphatic carbocycles. The van der Waals surface area contributed by atoms with E-state index in [-0.39, 0.29) is 0 Å². The van der Waals surface area contributed by atoms with E-state index in [1.165, 1.54) is 18.4 Å². The zero-order valence-electron chi connectivity index (χ0n) is 10.1. The Bertz CT molecular complexity index is 463. The monoisotopic (exact) mass is 218 g/mol. The van der Waals surface area contributed by atoms with Crippen molar-refractivity contribution in [1.82, 2.24) is 0 Å². The van der Waals surface area contributed by atoms with E-state index < -0.39 is 0 Å². The van der Waals surface area contributed by atoms with Gasteiger partial charge in [0.25, 0.3) is 0 Å². The van der Waals surface area contributed by atoms with E-state index in [0.29, 0.717) is 17.8 Å². The molecule has 2 nitrogen and oxygen atoms in total. The molecule has 1 aromatic rings. The minimum Gasteiger partial charge on any atom is -0.507 e. The second-order valence-electron chi connectivity index (χ2n) is 5.16. The van der Waals surface area contributed by atoms with Crippen LogP contribution in [-0.4, -0.2) is 11.2 Å². The molecule has 2 heteroatoms. The smallest absolute Gasteiger partial charge is 0.127 e. The maximum Gasteiger partial charge on any atom is 0.127 e. The van der Waals surface area contributed by atoms with E-state index >= 15 is 0 Å². The molecule has 0 unspecified atom stereocenters. The van der Waals surface area contributed by atoms with E-state index in [1.807, 2.05) is 20.8 Å². The third-order valence-electron chi connectivity index (χ3n) is 4.35. The summed E-state index contributed by atoms with van der Waals surface area (Å²) >= 11 is 0.